The molecule has 2 aromatic carbocycles. The standard InChI is InChI=1S/C20H18F7NO2.ClH/c1-11(12-8-13(19(22,23)24)10-14(9-12)20(25,26)27)30-18-17(28-6-7-29-18)15-4-2-3-5-16(15)21;/h2-5,8-11,17-18,28H,6-7H2,1H3;1H/t11-,17+,18-;/m1./s1. The highest BCUT2D eigenvalue weighted by atomic mass is 35.5. The van der Waals surface area contributed by atoms with Crippen LogP contribution in [0.15, 0.2) is 42.5 Å². The van der Waals surface area contributed by atoms with Gasteiger partial charge in [-0.2, -0.15) is 26.3 Å². The summed E-state index contributed by atoms with van der Waals surface area (Å²) in [5.41, 5.74) is -2.97. The van der Waals surface area contributed by atoms with Crippen LogP contribution in [-0.4, -0.2) is 19.4 Å². The van der Waals surface area contributed by atoms with Gasteiger partial charge in [0.25, 0.3) is 0 Å². The Hall–Kier alpha value is -1.88. The molecule has 0 saturated carbocycles. The van der Waals surface area contributed by atoms with Gasteiger partial charge in [0.1, 0.15) is 5.82 Å². The van der Waals surface area contributed by atoms with Gasteiger partial charge in [0.2, 0.25) is 0 Å². The summed E-state index contributed by atoms with van der Waals surface area (Å²) < 4.78 is 104. The van der Waals surface area contributed by atoms with Crippen LogP contribution >= 0.6 is 12.4 Å². The van der Waals surface area contributed by atoms with Gasteiger partial charge < -0.3 is 14.8 Å². The second kappa shape index (κ2) is 9.72. The molecule has 3 nitrogen and oxygen atoms in total. The van der Waals surface area contributed by atoms with Crippen LogP contribution in [0.1, 0.15) is 41.3 Å². The van der Waals surface area contributed by atoms with Gasteiger partial charge >= 0.3 is 12.4 Å². The van der Waals surface area contributed by atoms with Gasteiger partial charge in [-0.05, 0) is 36.8 Å². The van der Waals surface area contributed by atoms with Crippen LogP contribution in [0.4, 0.5) is 30.7 Å². The molecule has 1 aliphatic rings. The summed E-state index contributed by atoms with van der Waals surface area (Å²) in [5, 5.41) is 3.00. The average molecular weight is 474 g/mol. The number of hydrogen-bond donors (Lipinski definition) is 1. The zero-order chi connectivity index (χ0) is 22.1. The number of hydrogen-bond acceptors (Lipinski definition) is 3. The molecule has 1 heterocycles. The third-order valence-corrected chi connectivity index (χ3v) is 4.68. The van der Waals surface area contributed by atoms with Crippen molar-refractivity contribution in [1.82, 2.24) is 5.32 Å². The predicted molar refractivity (Wildman–Crippen MR) is 100 cm³/mol. The molecule has 0 aromatic heterocycles. The highest BCUT2D eigenvalue weighted by Gasteiger charge is 2.38. The summed E-state index contributed by atoms with van der Waals surface area (Å²) in [5.74, 6) is -0.542. The van der Waals surface area contributed by atoms with Gasteiger partial charge in [-0.25, -0.2) is 4.39 Å². The lowest BCUT2D eigenvalue weighted by atomic mass is 10.0. The summed E-state index contributed by atoms with van der Waals surface area (Å²) in [6, 6.07) is 6.29. The highest BCUT2D eigenvalue weighted by Crippen LogP contribution is 2.38. The van der Waals surface area contributed by atoms with Crippen molar-refractivity contribution in [2.45, 2.75) is 37.7 Å². The Balaban J connectivity index is 0.00000341. The van der Waals surface area contributed by atoms with Gasteiger partial charge in [-0.15, -0.1) is 12.4 Å². The highest BCUT2D eigenvalue weighted by molar-refractivity contribution is 5.85. The normalized spacial score (nSPS) is 20.8. The molecule has 1 saturated heterocycles. The molecule has 0 amide bonds. The van der Waals surface area contributed by atoms with Crippen LogP contribution < -0.4 is 5.32 Å². The van der Waals surface area contributed by atoms with Crippen LogP contribution in [0.2, 0.25) is 0 Å². The molecule has 3 rings (SSSR count). The lowest BCUT2D eigenvalue weighted by Gasteiger charge is -2.35. The average Bonchev–Trinajstić information content (AvgIpc) is 2.67. The van der Waals surface area contributed by atoms with Gasteiger partial charge in [0.05, 0.1) is 29.9 Å². The molecular formula is C20H19ClF7NO2. The first-order valence-corrected chi connectivity index (χ1v) is 9.01. The van der Waals surface area contributed by atoms with Gasteiger partial charge in [0, 0.05) is 12.1 Å². The minimum atomic E-state index is -4.96. The van der Waals surface area contributed by atoms with E-state index in [2.05, 4.69) is 5.32 Å². The minimum absolute atomic E-state index is 0. The summed E-state index contributed by atoms with van der Waals surface area (Å²) >= 11 is 0. The fourth-order valence-corrected chi connectivity index (χ4v) is 3.18. The Bertz CT molecular complexity index is 856. The number of rotatable bonds is 4. The molecule has 31 heavy (non-hydrogen) atoms. The van der Waals surface area contributed by atoms with Crippen LogP contribution in [0.25, 0.3) is 0 Å². The molecule has 0 bridgehead atoms. The first-order valence-electron chi connectivity index (χ1n) is 9.01. The lowest BCUT2D eigenvalue weighted by Crippen LogP contribution is -2.44. The number of halogens is 8. The minimum Gasteiger partial charge on any atom is -0.349 e. The van der Waals surface area contributed by atoms with Crippen molar-refractivity contribution in [3.8, 4) is 0 Å². The molecule has 1 N–H and O–H groups in total. The van der Waals surface area contributed by atoms with E-state index in [9.17, 15) is 30.7 Å². The molecular weight excluding hydrogens is 455 g/mol. The number of benzene rings is 2. The van der Waals surface area contributed by atoms with Crippen molar-refractivity contribution < 1.29 is 40.2 Å². The van der Waals surface area contributed by atoms with Crippen molar-refractivity contribution in [2.24, 2.45) is 0 Å². The molecule has 172 valence electrons. The monoisotopic (exact) mass is 473 g/mol. The van der Waals surface area contributed by atoms with E-state index in [0.29, 0.717) is 18.7 Å². The molecule has 3 atom stereocenters. The number of alkyl halides is 6. The van der Waals surface area contributed by atoms with Crippen LogP contribution in [0, 0.1) is 5.82 Å². The summed E-state index contributed by atoms with van der Waals surface area (Å²) in [4.78, 5) is 0. The maximum atomic E-state index is 14.2. The smallest absolute Gasteiger partial charge is 0.349 e. The molecule has 0 aliphatic carbocycles. The van der Waals surface area contributed by atoms with Crippen LogP contribution in [0.3, 0.4) is 0 Å². The van der Waals surface area contributed by atoms with Crippen LogP contribution in [0.5, 0.6) is 0 Å². The topological polar surface area (TPSA) is 30.5 Å². The molecule has 0 radical (unpaired) electrons. The van der Waals surface area contributed by atoms with Crippen molar-refractivity contribution in [1.29, 1.82) is 0 Å². The second-order valence-corrected chi connectivity index (χ2v) is 6.81. The SMILES string of the molecule is C[C@@H](O[C@H]1OCCN[C@H]1c1ccccc1F)c1cc(C(F)(F)F)cc(C(F)(F)F)c1.Cl. The summed E-state index contributed by atoms with van der Waals surface area (Å²) in [6.45, 7) is 1.86. The van der Waals surface area contributed by atoms with Crippen LogP contribution in [-0.2, 0) is 21.8 Å². The molecule has 0 unspecified atom stereocenters. The second-order valence-electron chi connectivity index (χ2n) is 6.81. The third kappa shape index (κ3) is 6.09. The fraction of sp³-hybridized carbons (Fsp3) is 0.400. The van der Waals surface area contributed by atoms with E-state index < -0.39 is 47.7 Å². The zero-order valence-corrected chi connectivity index (χ0v) is 16.9. The van der Waals surface area contributed by atoms with Crippen molar-refractivity contribution in [3.05, 3.63) is 70.5 Å². The quantitative estimate of drug-likeness (QED) is 0.548. The summed E-state index contributed by atoms with van der Waals surface area (Å²) in [7, 11) is 0. The molecule has 2 aromatic rings. The number of nitrogens with one attached hydrogen (secondary N) is 1. The number of ether oxygens (including phenoxy) is 2. The van der Waals surface area contributed by atoms with E-state index in [4.69, 9.17) is 9.47 Å². The van der Waals surface area contributed by atoms with E-state index in [0.717, 1.165) is 0 Å². The molecule has 1 fully saturated rings. The Kier molecular flexibility index (Phi) is 7.96. The van der Waals surface area contributed by atoms with E-state index in [-0.39, 0.29) is 36.2 Å². The Morgan fingerprint density at radius 1 is 1.00 bits per heavy atom. The predicted octanol–water partition coefficient (Wildman–Crippen LogP) is 6.05. The maximum absolute atomic E-state index is 14.2. The largest absolute Gasteiger partial charge is 0.416 e. The van der Waals surface area contributed by atoms with Gasteiger partial charge in [0.15, 0.2) is 6.29 Å². The third-order valence-electron chi connectivity index (χ3n) is 4.68. The maximum Gasteiger partial charge on any atom is 0.416 e. The molecule has 11 heteroatoms. The van der Waals surface area contributed by atoms with Crippen molar-refractivity contribution in [3.63, 3.8) is 0 Å². The fourth-order valence-electron chi connectivity index (χ4n) is 3.18. The van der Waals surface area contributed by atoms with Crippen molar-refractivity contribution in [2.75, 3.05) is 13.2 Å². The summed E-state index contributed by atoms with van der Waals surface area (Å²) in [6.07, 6.45) is -12.2. The van der Waals surface area contributed by atoms with E-state index >= 15 is 0 Å². The first kappa shape index (κ1) is 25.4. The van der Waals surface area contributed by atoms with Gasteiger partial charge in [-0.3, -0.25) is 0 Å². The Morgan fingerprint density at radius 3 is 2.13 bits per heavy atom. The molecule has 0 spiro atoms. The van der Waals surface area contributed by atoms with Crippen molar-refractivity contribution >= 4 is 12.4 Å². The van der Waals surface area contributed by atoms with E-state index in [1.165, 1.54) is 25.1 Å². The number of morpholine rings is 1. The lowest BCUT2D eigenvalue weighted by molar-refractivity contribution is -0.200. The Labute approximate surface area is 179 Å². The zero-order valence-electron chi connectivity index (χ0n) is 16.1. The van der Waals surface area contributed by atoms with E-state index in [1.807, 2.05) is 0 Å². The first-order chi connectivity index (χ1) is 14.0. The van der Waals surface area contributed by atoms with E-state index in [1.54, 1.807) is 6.07 Å². The van der Waals surface area contributed by atoms with Gasteiger partial charge in [-0.1, -0.05) is 18.2 Å². The molecule has 1 aliphatic heterocycles. The Morgan fingerprint density at radius 2 is 1.58 bits per heavy atom.